The normalized spacial score (nSPS) is 15.6. The Kier molecular flexibility index (Phi) is 10.8. The lowest BCUT2D eigenvalue weighted by Crippen LogP contribution is -2.57. The molecule has 1 rings (SSSR count). The number of hydrogen-bond acceptors (Lipinski definition) is 6. The summed E-state index contributed by atoms with van der Waals surface area (Å²) in [5, 5.41) is 26.3. The quantitative estimate of drug-likeness (QED) is 0.262. The highest BCUT2D eigenvalue weighted by molar-refractivity contribution is 5.94. The van der Waals surface area contributed by atoms with E-state index in [2.05, 4.69) is 16.0 Å². The Morgan fingerprint density at radius 1 is 0.909 bits per heavy atom. The van der Waals surface area contributed by atoms with E-state index >= 15 is 0 Å². The van der Waals surface area contributed by atoms with Gasteiger partial charge in [-0.1, -0.05) is 46.2 Å². The van der Waals surface area contributed by atoms with Gasteiger partial charge in [0.1, 0.15) is 23.9 Å². The molecule has 10 heteroatoms. The molecular formula is C23H36N4O6. The van der Waals surface area contributed by atoms with Crippen LogP contribution in [0.1, 0.15) is 46.6 Å². The Hall–Kier alpha value is -3.14. The fourth-order valence-corrected chi connectivity index (χ4v) is 3.03. The molecule has 0 aliphatic carbocycles. The minimum atomic E-state index is -1.17. The van der Waals surface area contributed by atoms with Crippen LogP contribution in [-0.2, 0) is 25.6 Å². The number of amides is 3. The molecule has 7 N–H and O–H groups in total. The molecule has 0 saturated heterocycles. The highest BCUT2D eigenvalue weighted by Gasteiger charge is 2.30. The van der Waals surface area contributed by atoms with Crippen LogP contribution in [0.15, 0.2) is 24.3 Å². The second-order valence-electron chi connectivity index (χ2n) is 8.64. The number of nitrogens with one attached hydrogen (secondary N) is 3. The first kappa shape index (κ1) is 27.9. The number of carboxylic acid groups (broad SMARTS) is 1. The number of benzene rings is 1. The Morgan fingerprint density at radius 2 is 1.48 bits per heavy atom. The van der Waals surface area contributed by atoms with Crippen LogP contribution in [0, 0.1) is 11.8 Å². The number of aromatic hydroxyl groups is 1. The number of rotatable bonds is 12. The lowest BCUT2D eigenvalue weighted by Gasteiger charge is -2.25. The average Bonchev–Trinajstić information content (AvgIpc) is 2.76. The summed E-state index contributed by atoms with van der Waals surface area (Å²) >= 11 is 0. The molecule has 1 aromatic rings. The third-order valence-electron chi connectivity index (χ3n) is 5.55. The second-order valence-corrected chi connectivity index (χ2v) is 8.64. The van der Waals surface area contributed by atoms with Crippen LogP contribution in [0.3, 0.4) is 0 Å². The van der Waals surface area contributed by atoms with E-state index in [1.165, 1.54) is 19.1 Å². The molecule has 0 radical (unpaired) electrons. The smallest absolute Gasteiger partial charge is 0.326 e. The maximum absolute atomic E-state index is 13.0. The van der Waals surface area contributed by atoms with E-state index in [1.807, 2.05) is 13.8 Å². The van der Waals surface area contributed by atoms with Gasteiger partial charge in [0, 0.05) is 6.42 Å². The summed E-state index contributed by atoms with van der Waals surface area (Å²) in [7, 11) is 0. The van der Waals surface area contributed by atoms with Gasteiger partial charge in [0.15, 0.2) is 0 Å². The van der Waals surface area contributed by atoms with Crippen molar-refractivity contribution >= 4 is 23.7 Å². The minimum absolute atomic E-state index is 0.0611. The third-order valence-corrected chi connectivity index (χ3v) is 5.55. The van der Waals surface area contributed by atoms with E-state index < -0.39 is 47.9 Å². The fraction of sp³-hybridized carbons (Fsp3) is 0.565. The molecule has 0 aliphatic rings. The van der Waals surface area contributed by atoms with Gasteiger partial charge in [0.2, 0.25) is 17.7 Å². The van der Waals surface area contributed by atoms with Gasteiger partial charge < -0.3 is 31.9 Å². The van der Waals surface area contributed by atoms with Crippen LogP contribution in [0.2, 0.25) is 0 Å². The van der Waals surface area contributed by atoms with Gasteiger partial charge in [-0.25, -0.2) is 4.79 Å². The second kappa shape index (κ2) is 12.8. The first-order valence-corrected chi connectivity index (χ1v) is 11.0. The molecule has 0 heterocycles. The van der Waals surface area contributed by atoms with Crippen LogP contribution in [0.5, 0.6) is 5.75 Å². The molecule has 0 fully saturated rings. The van der Waals surface area contributed by atoms with Gasteiger partial charge in [-0.3, -0.25) is 14.4 Å². The highest BCUT2D eigenvalue weighted by Crippen LogP contribution is 2.12. The molecule has 0 spiro atoms. The number of hydrogen-bond donors (Lipinski definition) is 6. The molecular weight excluding hydrogens is 428 g/mol. The number of nitrogens with two attached hydrogens (primary N) is 1. The molecule has 1 aromatic carbocycles. The standard InChI is InChI=1S/C23H36N4O6/c1-6-13(4)18(24)22(31)26-17(11-15-7-9-16(28)10-8-15)21(30)25-14(5)20(29)27-19(12(2)3)23(32)33/h7-10,12-14,17-19,28H,6,11,24H2,1-5H3,(H,25,30)(H,26,31)(H,27,29)(H,32,33). The lowest BCUT2D eigenvalue weighted by atomic mass is 9.98. The predicted octanol–water partition coefficient (Wildman–Crippen LogP) is 0.523. The molecule has 0 saturated carbocycles. The van der Waals surface area contributed by atoms with E-state index in [9.17, 15) is 29.4 Å². The first-order chi connectivity index (χ1) is 15.4. The number of aliphatic carboxylic acids is 1. The number of carbonyl (C=O) groups is 4. The van der Waals surface area contributed by atoms with E-state index in [0.29, 0.717) is 12.0 Å². The van der Waals surface area contributed by atoms with E-state index in [-0.39, 0.29) is 24.0 Å². The fourth-order valence-electron chi connectivity index (χ4n) is 3.03. The van der Waals surface area contributed by atoms with Crippen LogP contribution in [-0.4, -0.2) is 58.1 Å². The van der Waals surface area contributed by atoms with Gasteiger partial charge in [0.25, 0.3) is 0 Å². The lowest BCUT2D eigenvalue weighted by molar-refractivity contribution is -0.143. The zero-order chi connectivity index (χ0) is 25.3. The van der Waals surface area contributed by atoms with Crippen molar-refractivity contribution in [2.24, 2.45) is 17.6 Å². The van der Waals surface area contributed by atoms with Crippen LogP contribution in [0.25, 0.3) is 0 Å². The van der Waals surface area contributed by atoms with Crippen LogP contribution < -0.4 is 21.7 Å². The van der Waals surface area contributed by atoms with E-state index in [1.54, 1.807) is 26.0 Å². The SMILES string of the molecule is CCC(C)C(N)C(=O)NC(Cc1ccc(O)cc1)C(=O)NC(C)C(=O)NC(C(=O)O)C(C)C. The number of phenolic OH excluding ortho intramolecular Hbond substituents is 1. The molecule has 0 aromatic heterocycles. The minimum Gasteiger partial charge on any atom is -0.508 e. The Balaban J connectivity index is 2.97. The number of phenols is 1. The van der Waals surface area contributed by atoms with Crippen molar-refractivity contribution in [3.05, 3.63) is 29.8 Å². The molecule has 5 unspecified atom stereocenters. The first-order valence-electron chi connectivity index (χ1n) is 11.0. The zero-order valence-corrected chi connectivity index (χ0v) is 19.8. The van der Waals surface area contributed by atoms with Crippen molar-refractivity contribution < 1.29 is 29.4 Å². The number of carboxylic acids is 1. The average molecular weight is 465 g/mol. The summed E-state index contributed by atoms with van der Waals surface area (Å²) in [5.41, 5.74) is 6.67. The molecule has 10 nitrogen and oxygen atoms in total. The van der Waals surface area contributed by atoms with Gasteiger partial charge >= 0.3 is 5.97 Å². The third kappa shape index (κ3) is 8.72. The Labute approximate surface area is 194 Å². The monoisotopic (exact) mass is 464 g/mol. The summed E-state index contributed by atoms with van der Waals surface area (Å²) in [6.45, 7) is 8.48. The largest absolute Gasteiger partial charge is 0.508 e. The van der Waals surface area contributed by atoms with E-state index in [4.69, 9.17) is 5.73 Å². The van der Waals surface area contributed by atoms with E-state index in [0.717, 1.165) is 0 Å². The van der Waals surface area contributed by atoms with Crippen molar-refractivity contribution in [2.45, 2.75) is 71.6 Å². The maximum atomic E-state index is 13.0. The molecule has 0 bridgehead atoms. The maximum Gasteiger partial charge on any atom is 0.326 e. The predicted molar refractivity (Wildman–Crippen MR) is 123 cm³/mol. The summed E-state index contributed by atoms with van der Waals surface area (Å²) < 4.78 is 0. The molecule has 184 valence electrons. The molecule has 5 atom stereocenters. The van der Waals surface area contributed by atoms with Gasteiger partial charge in [-0.05, 0) is 36.5 Å². The van der Waals surface area contributed by atoms with Crippen molar-refractivity contribution in [1.82, 2.24) is 16.0 Å². The van der Waals surface area contributed by atoms with Crippen LogP contribution >= 0.6 is 0 Å². The van der Waals surface area contributed by atoms with Crippen molar-refractivity contribution in [3.63, 3.8) is 0 Å². The van der Waals surface area contributed by atoms with Crippen LogP contribution in [0.4, 0.5) is 0 Å². The summed E-state index contributed by atoms with van der Waals surface area (Å²) in [4.78, 5) is 49.4. The zero-order valence-electron chi connectivity index (χ0n) is 19.8. The topological polar surface area (TPSA) is 171 Å². The summed E-state index contributed by atoms with van der Waals surface area (Å²) in [5.74, 6) is -3.33. The highest BCUT2D eigenvalue weighted by atomic mass is 16.4. The Morgan fingerprint density at radius 3 is 1.97 bits per heavy atom. The molecule has 33 heavy (non-hydrogen) atoms. The van der Waals surface area contributed by atoms with Crippen molar-refractivity contribution in [3.8, 4) is 5.75 Å². The van der Waals surface area contributed by atoms with Gasteiger partial charge in [-0.15, -0.1) is 0 Å². The molecule has 3 amide bonds. The van der Waals surface area contributed by atoms with Gasteiger partial charge in [-0.2, -0.15) is 0 Å². The summed E-state index contributed by atoms with van der Waals surface area (Å²) in [6.07, 6.45) is 0.782. The van der Waals surface area contributed by atoms with Gasteiger partial charge in [0.05, 0.1) is 6.04 Å². The number of carbonyl (C=O) groups excluding carboxylic acids is 3. The molecule has 0 aliphatic heterocycles. The Bertz CT molecular complexity index is 827. The van der Waals surface area contributed by atoms with Crippen molar-refractivity contribution in [1.29, 1.82) is 0 Å². The van der Waals surface area contributed by atoms with Crippen molar-refractivity contribution in [2.75, 3.05) is 0 Å². The summed E-state index contributed by atoms with van der Waals surface area (Å²) in [6, 6.07) is 2.18.